The van der Waals surface area contributed by atoms with Crippen molar-refractivity contribution in [1.82, 2.24) is 0 Å². The molecule has 2 N–H and O–H groups in total. The maximum absolute atomic E-state index is 6.09. The summed E-state index contributed by atoms with van der Waals surface area (Å²) in [6, 6.07) is 18.7. The number of hydrogen-bond donors (Lipinski definition) is 1. The first-order chi connectivity index (χ1) is 8.66. The van der Waals surface area contributed by atoms with Crippen LogP contribution in [-0.2, 0) is 6.54 Å². The highest BCUT2D eigenvalue weighted by atomic mass is 15.4. The normalized spacial score (nSPS) is 10.7. The minimum absolute atomic E-state index is 0.555. The Morgan fingerprint density at radius 1 is 0.944 bits per heavy atom. The first-order valence-electron chi connectivity index (χ1n) is 6.33. The van der Waals surface area contributed by atoms with Crippen LogP contribution < -0.4 is 10.9 Å². The zero-order valence-electron chi connectivity index (χ0n) is 11.0. The molecule has 0 unspecified atom stereocenters. The van der Waals surface area contributed by atoms with Gasteiger partial charge in [0, 0.05) is 0 Å². The molecule has 0 radical (unpaired) electrons. The van der Waals surface area contributed by atoms with Crippen molar-refractivity contribution in [3.8, 4) is 0 Å². The molecule has 0 bridgehead atoms. The zero-order chi connectivity index (χ0) is 13.0. The highest BCUT2D eigenvalue weighted by Crippen LogP contribution is 2.19. The van der Waals surface area contributed by atoms with Crippen molar-refractivity contribution >= 4 is 5.69 Å². The van der Waals surface area contributed by atoms with E-state index in [0.29, 0.717) is 5.92 Å². The number of nitrogens with two attached hydrogens (primary N) is 1. The molecule has 2 rings (SSSR count). The average Bonchev–Trinajstić information content (AvgIpc) is 2.40. The van der Waals surface area contributed by atoms with Gasteiger partial charge >= 0.3 is 0 Å². The summed E-state index contributed by atoms with van der Waals surface area (Å²) in [4.78, 5) is 0. The molecule has 94 valence electrons. The third kappa shape index (κ3) is 3.11. The van der Waals surface area contributed by atoms with Crippen LogP contribution in [0.2, 0.25) is 0 Å². The van der Waals surface area contributed by atoms with E-state index in [2.05, 4.69) is 50.2 Å². The summed E-state index contributed by atoms with van der Waals surface area (Å²) in [6.45, 7) is 5.11. The van der Waals surface area contributed by atoms with Crippen LogP contribution >= 0.6 is 0 Å². The van der Waals surface area contributed by atoms with Crippen LogP contribution in [0.3, 0.4) is 0 Å². The first-order valence-corrected chi connectivity index (χ1v) is 6.33. The molecule has 0 aromatic heterocycles. The molecule has 0 fully saturated rings. The number of nitrogens with zero attached hydrogens (tertiary/aromatic N) is 1. The van der Waals surface area contributed by atoms with Gasteiger partial charge < -0.3 is 5.01 Å². The van der Waals surface area contributed by atoms with Crippen LogP contribution in [0, 0.1) is 0 Å². The number of hydrazine groups is 1. The largest absolute Gasteiger partial charge is 0.307 e. The summed E-state index contributed by atoms with van der Waals surface area (Å²) in [6.07, 6.45) is 0. The van der Waals surface area contributed by atoms with E-state index < -0.39 is 0 Å². The minimum Gasteiger partial charge on any atom is -0.307 e. The van der Waals surface area contributed by atoms with Crippen molar-refractivity contribution in [2.45, 2.75) is 26.3 Å². The minimum atomic E-state index is 0.555. The molecular weight excluding hydrogens is 220 g/mol. The van der Waals surface area contributed by atoms with E-state index in [1.807, 2.05) is 18.2 Å². The zero-order valence-corrected chi connectivity index (χ0v) is 11.0. The Hall–Kier alpha value is -1.80. The van der Waals surface area contributed by atoms with Gasteiger partial charge in [0.1, 0.15) is 0 Å². The summed E-state index contributed by atoms with van der Waals surface area (Å²) < 4.78 is 0. The van der Waals surface area contributed by atoms with E-state index in [0.717, 1.165) is 12.2 Å². The fourth-order valence-corrected chi connectivity index (χ4v) is 1.92. The Labute approximate surface area is 109 Å². The SMILES string of the molecule is CC(C)c1ccc(N(N)Cc2ccccc2)cc1. The van der Waals surface area contributed by atoms with Gasteiger partial charge in [-0.05, 0) is 29.2 Å². The van der Waals surface area contributed by atoms with Crippen LogP contribution in [0.1, 0.15) is 30.9 Å². The third-order valence-corrected chi connectivity index (χ3v) is 3.09. The smallest absolute Gasteiger partial charge is 0.0592 e. The van der Waals surface area contributed by atoms with Gasteiger partial charge in [-0.1, -0.05) is 56.3 Å². The lowest BCUT2D eigenvalue weighted by Gasteiger charge is -2.19. The van der Waals surface area contributed by atoms with Gasteiger partial charge in [-0.25, -0.2) is 5.84 Å². The topological polar surface area (TPSA) is 29.3 Å². The molecular formula is C16H20N2. The predicted octanol–water partition coefficient (Wildman–Crippen LogP) is 3.69. The van der Waals surface area contributed by atoms with Gasteiger partial charge in [0.05, 0.1) is 12.2 Å². The standard InChI is InChI=1S/C16H20N2/c1-13(2)15-8-10-16(11-9-15)18(17)12-14-6-4-3-5-7-14/h3-11,13H,12,17H2,1-2H3. The molecule has 0 aliphatic rings. The van der Waals surface area contributed by atoms with E-state index in [-0.39, 0.29) is 0 Å². The Balaban J connectivity index is 2.07. The van der Waals surface area contributed by atoms with Crippen LogP contribution in [0.25, 0.3) is 0 Å². The number of rotatable bonds is 4. The second kappa shape index (κ2) is 5.69. The van der Waals surface area contributed by atoms with Crippen LogP contribution in [0.4, 0.5) is 5.69 Å². The van der Waals surface area contributed by atoms with Gasteiger partial charge in [-0.3, -0.25) is 0 Å². The highest BCUT2D eigenvalue weighted by molar-refractivity contribution is 5.47. The highest BCUT2D eigenvalue weighted by Gasteiger charge is 2.04. The molecule has 2 heteroatoms. The quantitative estimate of drug-likeness (QED) is 0.652. The second-order valence-electron chi connectivity index (χ2n) is 4.86. The number of benzene rings is 2. The van der Waals surface area contributed by atoms with Crippen molar-refractivity contribution in [1.29, 1.82) is 0 Å². The van der Waals surface area contributed by atoms with Gasteiger partial charge in [0.2, 0.25) is 0 Å². The molecule has 0 atom stereocenters. The maximum atomic E-state index is 6.09. The van der Waals surface area contributed by atoms with Crippen molar-refractivity contribution < 1.29 is 0 Å². The van der Waals surface area contributed by atoms with Crippen molar-refractivity contribution in [2.75, 3.05) is 5.01 Å². The first kappa shape index (κ1) is 12.7. The molecule has 0 amide bonds. The second-order valence-corrected chi connectivity index (χ2v) is 4.86. The van der Waals surface area contributed by atoms with Crippen LogP contribution in [0.15, 0.2) is 54.6 Å². The fourth-order valence-electron chi connectivity index (χ4n) is 1.92. The van der Waals surface area contributed by atoms with Gasteiger partial charge in [0.25, 0.3) is 0 Å². The Bertz CT molecular complexity index is 474. The van der Waals surface area contributed by atoms with Crippen molar-refractivity contribution in [3.63, 3.8) is 0 Å². The Morgan fingerprint density at radius 2 is 1.56 bits per heavy atom. The van der Waals surface area contributed by atoms with E-state index in [1.165, 1.54) is 11.1 Å². The summed E-state index contributed by atoms with van der Waals surface area (Å²) in [5, 5.41) is 1.78. The maximum Gasteiger partial charge on any atom is 0.0592 e. The molecule has 0 saturated heterocycles. The van der Waals surface area contributed by atoms with Crippen molar-refractivity contribution in [3.05, 3.63) is 65.7 Å². The predicted molar refractivity (Wildman–Crippen MR) is 77.3 cm³/mol. The molecule has 2 nitrogen and oxygen atoms in total. The van der Waals surface area contributed by atoms with E-state index >= 15 is 0 Å². The van der Waals surface area contributed by atoms with Gasteiger partial charge in [0.15, 0.2) is 0 Å². The summed E-state index contributed by atoms with van der Waals surface area (Å²) in [7, 11) is 0. The molecule has 2 aromatic rings. The molecule has 0 saturated carbocycles. The molecule has 0 spiro atoms. The van der Waals surface area contributed by atoms with Gasteiger partial charge in [-0.2, -0.15) is 0 Å². The van der Waals surface area contributed by atoms with Gasteiger partial charge in [-0.15, -0.1) is 0 Å². The molecule has 2 aromatic carbocycles. The molecule has 0 aliphatic heterocycles. The average molecular weight is 240 g/mol. The van der Waals surface area contributed by atoms with Crippen LogP contribution in [0.5, 0.6) is 0 Å². The monoisotopic (exact) mass is 240 g/mol. The van der Waals surface area contributed by atoms with E-state index in [9.17, 15) is 0 Å². The Kier molecular flexibility index (Phi) is 4.00. The lowest BCUT2D eigenvalue weighted by atomic mass is 10.0. The third-order valence-electron chi connectivity index (χ3n) is 3.09. The summed E-state index contributed by atoms with van der Waals surface area (Å²) in [5.74, 6) is 6.64. The lowest BCUT2D eigenvalue weighted by Crippen LogP contribution is -2.29. The number of hydrogen-bond acceptors (Lipinski definition) is 2. The van der Waals surface area contributed by atoms with E-state index in [1.54, 1.807) is 5.01 Å². The van der Waals surface area contributed by atoms with E-state index in [4.69, 9.17) is 5.84 Å². The summed E-state index contributed by atoms with van der Waals surface area (Å²) in [5.41, 5.74) is 3.60. The Morgan fingerprint density at radius 3 is 2.11 bits per heavy atom. The molecule has 18 heavy (non-hydrogen) atoms. The fraction of sp³-hybridized carbons (Fsp3) is 0.250. The lowest BCUT2D eigenvalue weighted by molar-refractivity contribution is 0.843. The molecule has 0 aliphatic carbocycles. The molecule has 0 heterocycles. The summed E-state index contributed by atoms with van der Waals surface area (Å²) >= 11 is 0. The number of anilines is 1. The van der Waals surface area contributed by atoms with Crippen LogP contribution in [-0.4, -0.2) is 0 Å². The van der Waals surface area contributed by atoms with Crippen molar-refractivity contribution in [2.24, 2.45) is 5.84 Å².